The highest BCUT2D eigenvalue weighted by Crippen LogP contribution is 2.42. The summed E-state index contributed by atoms with van der Waals surface area (Å²) in [5.41, 5.74) is 2.87. The van der Waals surface area contributed by atoms with Crippen molar-refractivity contribution >= 4 is 27.3 Å². The maximum atomic E-state index is 13.3. The molecule has 0 spiro atoms. The molecule has 6 heteroatoms. The first kappa shape index (κ1) is 18.6. The number of carbonyl (C=O) groups is 1. The summed E-state index contributed by atoms with van der Waals surface area (Å²) >= 11 is 1.42. The van der Waals surface area contributed by atoms with E-state index in [-0.39, 0.29) is 11.9 Å². The van der Waals surface area contributed by atoms with Gasteiger partial charge in [-0.15, -0.1) is 11.3 Å². The fraction of sp³-hybridized carbons (Fsp3) is 0.167. The summed E-state index contributed by atoms with van der Waals surface area (Å²) in [6.45, 7) is 0.577. The van der Waals surface area contributed by atoms with Crippen LogP contribution >= 0.6 is 11.3 Å². The van der Waals surface area contributed by atoms with Crippen molar-refractivity contribution in [2.75, 3.05) is 13.7 Å². The molecule has 30 heavy (non-hydrogen) atoms. The summed E-state index contributed by atoms with van der Waals surface area (Å²) < 4.78 is 12.3. The molecule has 1 amide bonds. The number of thiophene rings is 1. The quantitative estimate of drug-likeness (QED) is 0.495. The van der Waals surface area contributed by atoms with Gasteiger partial charge in [0.2, 0.25) is 0 Å². The monoisotopic (exact) mass is 416 g/mol. The number of pyridine rings is 1. The van der Waals surface area contributed by atoms with E-state index >= 15 is 0 Å². The predicted octanol–water partition coefficient (Wildman–Crippen LogP) is 5.23. The average molecular weight is 417 g/mol. The first-order valence-electron chi connectivity index (χ1n) is 9.79. The number of nitrogens with zero attached hydrogens (tertiary/aromatic N) is 1. The van der Waals surface area contributed by atoms with Gasteiger partial charge >= 0.3 is 0 Å². The van der Waals surface area contributed by atoms with Gasteiger partial charge in [0.05, 0.1) is 30.2 Å². The Morgan fingerprint density at radius 2 is 1.93 bits per heavy atom. The molecule has 1 aliphatic heterocycles. The van der Waals surface area contributed by atoms with Crippen LogP contribution in [0.2, 0.25) is 0 Å². The van der Waals surface area contributed by atoms with Crippen LogP contribution in [-0.4, -0.2) is 24.6 Å². The highest BCUT2D eigenvalue weighted by molar-refractivity contribution is 7.21. The maximum Gasteiger partial charge on any atom is 0.265 e. The molecule has 1 atom stereocenters. The number of amides is 1. The van der Waals surface area contributed by atoms with Crippen molar-refractivity contribution in [3.8, 4) is 22.8 Å². The van der Waals surface area contributed by atoms with E-state index in [1.165, 1.54) is 11.3 Å². The number of carbonyl (C=O) groups excluding carboxylic acids is 1. The predicted molar refractivity (Wildman–Crippen MR) is 118 cm³/mol. The number of nitrogens with one attached hydrogen (secondary N) is 1. The van der Waals surface area contributed by atoms with E-state index in [0.29, 0.717) is 17.2 Å². The Morgan fingerprint density at radius 1 is 1.13 bits per heavy atom. The highest BCUT2D eigenvalue weighted by atomic mass is 32.1. The van der Waals surface area contributed by atoms with E-state index in [2.05, 4.69) is 10.3 Å². The van der Waals surface area contributed by atoms with Crippen LogP contribution < -0.4 is 14.8 Å². The highest BCUT2D eigenvalue weighted by Gasteiger charge is 2.27. The zero-order chi connectivity index (χ0) is 20.5. The molecule has 0 fully saturated rings. The Kier molecular flexibility index (Phi) is 4.85. The lowest BCUT2D eigenvalue weighted by Crippen LogP contribution is -2.31. The van der Waals surface area contributed by atoms with Gasteiger partial charge in [0.25, 0.3) is 5.91 Å². The largest absolute Gasteiger partial charge is 0.494 e. The van der Waals surface area contributed by atoms with Crippen molar-refractivity contribution in [3.63, 3.8) is 0 Å². The van der Waals surface area contributed by atoms with Crippen molar-refractivity contribution in [1.29, 1.82) is 0 Å². The second-order valence-corrected chi connectivity index (χ2v) is 8.09. The minimum atomic E-state index is -0.145. The first-order chi connectivity index (χ1) is 14.8. The zero-order valence-electron chi connectivity index (χ0n) is 16.4. The van der Waals surface area contributed by atoms with Crippen molar-refractivity contribution in [2.45, 2.75) is 12.5 Å². The van der Waals surface area contributed by atoms with Crippen LogP contribution in [0.1, 0.15) is 27.7 Å². The van der Waals surface area contributed by atoms with Gasteiger partial charge in [0.15, 0.2) is 0 Å². The lowest BCUT2D eigenvalue weighted by atomic mass is 10.0. The number of hydrogen-bond donors (Lipinski definition) is 1. The molecule has 1 aliphatic rings. The molecule has 0 saturated carbocycles. The summed E-state index contributed by atoms with van der Waals surface area (Å²) in [7, 11) is 1.60. The third kappa shape index (κ3) is 3.19. The lowest BCUT2D eigenvalue weighted by molar-refractivity contribution is 0.0926. The second-order valence-electron chi connectivity index (χ2n) is 7.07. The molecule has 0 saturated heterocycles. The topological polar surface area (TPSA) is 60.5 Å². The van der Waals surface area contributed by atoms with Crippen molar-refractivity contribution in [1.82, 2.24) is 10.3 Å². The number of aromatic nitrogens is 1. The molecule has 4 aromatic rings. The molecule has 0 unspecified atom stereocenters. The van der Waals surface area contributed by atoms with Gasteiger partial charge in [-0.2, -0.15) is 0 Å². The van der Waals surface area contributed by atoms with E-state index in [0.717, 1.165) is 39.1 Å². The molecule has 150 valence electrons. The van der Waals surface area contributed by atoms with Gasteiger partial charge in [-0.1, -0.05) is 48.5 Å². The molecule has 0 bridgehead atoms. The van der Waals surface area contributed by atoms with Crippen molar-refractivity contribution in [2.24, 2.45) is 0 Å². The van der Waals surface area contributed by atoms with Crippen LogP contribution in [0.25, 0.3) is 21.3 Å². The first-order valence-corrected chi connectivity index (χ1v) is 10.6. The van der Waals surface area contributed by atoms with Gasteiger partial charge in [0, 0.05) is 29.1 Å². The maximum absolute atomic E-state index is 13.3. The standard InChI is InChI=1S/C24H20N2O3S/c1-28-21-17-11-13-25-20(15-7-3-2-4-8-15)22(17)30-23(21)24(27)26-18-12-14-29-19-10-6-5-9-16(18)19/h2-11,13,18H,12,14H2,1H3,(H,26,27)/t18-/m0/s1. The van der Waals surface area contributed by atoms with Gasteiger partial charge in [-0.25, -0.2) is 0 Å². The summed E-state index contributed by atoms with van der Waals surface area (Å²) in [6, 6.07) is 19.6. The number of benzene rings is 2. The van der Waals surface area contributed by atoms with Crippen LogP contribution in [-0.2, 0) is 0 Å². The molecule has 0 radical (unpaired) electrons. The van der Waals surface area contributed by atoms with E-state index < -0.39 is 0 Å². The van der Waals surface area contributed by atoms with E-state index in [4.69, 9.17) is 9.47 Å². The smallest absolute Gasteiger partial charge is 0.265 e. The molecule has 5 nitrogen and oxygen atoms in total. The summed E-state index contributed by atoms with van der Waals surface area (Å²) in [6.07, 6.45) is 2.49. The minimum absolute atomic E-state index is 0.0934. The molecule has 2 aromatic carbocycles. The van der Waals surface area contributed by atoms with Crippen LogP contribution in [0.15, 0.2) is 66.9 Å². The summed E-state index contributed by atoms with van der Waals surface area (Å²) in [5.74, 6) is 1.27. The van der Waals surface area contributed by atoms with Gasteiger partial charge in [-0.3, -0.25) is 9.78 Å². The van der Waals surface area contributed by atoms with Crippen molar-refractivity contribution in [3.05, 3.63) is 77.3 Å². The number of para-hydroxylation sites is 1. The Labute approximate surface area is 178 Å². The Balaban J connectivity index is 1.54. The van der Waals surface area contributed by atoms with E-state index in [1.54, 1.807) is 13.3 Å². The number of ether oxygens (including phenoxy) is 2. The molecular formula is C24H20N2O3S. The third-order valence-electron chi connectivity index (χ3n) is 5.28. The van der Waals surface area contributed by atoms with E-state index in [1.807, 2.05) is 60.7 Å². The van der Waals surface area contributed by atoms with Gasteiger partial charge in [-0.05, 0) is 12.1 Å². The lowest BCUT2D eigenvalue weighted by Gasteiger charge is -2.26. The Morgan fingerprint density at radius 3 is 2.77 bits per heavy atom. The molecule has 5 rings (SSSR count). The summed E-state index contributed by atoms with van der Waals surface area (Å²) in [5, 5.41) is 4.07. The second kappa shape index (κ2) is 7.80. The molecule has 3 heterocycles. The Hall–Kier alpha value is -3.38. The summed E-state index contributed by atoms with van der Waals surface area (Å²) in [4.78, 5) is 18.4. The zero-order valence-corrected chi connectivity index (χ0v) is 17.2. The molecule has 0 aliphatic carbocycles. The number of methoxy groups -OCH3 is 1. The fourth-order valence-electron chi connectivity index (χ4n) is 3.87. The number of fused-ring (bicyclic) bond motifs is 2. The third-order valence-corrected chi connectivity index (χ3v) is 6.47. The van der Waals surface area contributed by atoms with Crippen LogP contribution in [0.5, 0.6) is 11.5 Å². The number of rotatable bonds is 4. The molecular weight excluding hydrogens is 396 g/mol. The van der Waals surface area contributed by atoms with Gasteiger partial charge in [0.1, 0.15) is 16.4 Å². The van der Waals surface area contributed by atoms with Crippen LogP contribution in [0.4, 0.5) is 0 Å². The minimum Gasteiger partial charge on any atom is -0.494 e. The fourth-order valence-corrected chi connectivity index (χ4v) is 5.05. The van der Waals surface area contributed by atoms with E-state index in [9.17, 15) is 4.79 Å². The SMILES string of the molecule is COc1c(C(=O)N[C@H]2CCOc3ccccc32)sc2c(-c3ccccc3)nccc12. The Bertz CT molecular complexity index is 1220. The van der Waals surface area contributed by atoms with Crippen molar-refractivity contribution < 1.29 is 14.3 Å². The number of hydrogen-bond acceptors (Lipinski definition) is 5. The molecule has 1 N–H and O–H groups in total. The van der Waals surface area contributed by atoms with Gasteiger partial charge < -0.3 is 14.8 Å². The average Bonchev–Trinajstić information content (AvgIpc) is 3.19. The molecule has 2 aromatic heterocycles. The van der Waals surface area contributed by atoms with Crippen LogP contribution in [0, 0.1) is 0 Å². The normalized spacial score (nSPS) is 15.3. The van der Waals surface area contributed by atoms with Crippen LogP contribution in [0.3, 0.4) is 0 Å².